The lowest BCUT2D eigenvalue weighted by atomic mass is 10.1. The van der Waals surface area contributed by atoms with Crippen LogP contribution in [0.3, 0.4) is 0 Å². The summed E-state index contributed by atoms with van der Waals surface area (Å²) in [4.78, 5) is 12.2. The third-order valence-electron chi connectivity index (χ3n) is 2.69. The molecule has 0 unspecified atom stereocenters. The molecule has 0 aromatic heterocycles. The van der Waals surface area contributed by atoms with Crippen molar-refractivity contribution in [2.24, 2.45) is 0 Å². The van der Waals surface area contributed by atoms with Gasteiger partial charge < -0.3 is 11.1 Å². The van der Waals surface area contributed by atoms with Gasteiger partial charge in [0.15, 0.2) is 0 Å². The second kappa shape index (κ2) is 6.16. The van der Waals surface area contributed by atoms with Gasteiger partial charge in [0, 0.05) is 14.5 Å². The number of anilines is 2. The smallest absolute Gasteiger partial charge is 0.255 e. The van der Waals surface area contributed by atoms with E-state index in [4.69, 9.17) is 17.3 Å². The summed E-state index contributed by atoms with van der Waals surface area (Å²) >= 11 is 12.7. The first-order valence-electron chi connectivity index (χ1n) is 5.70. The van der Waals surface area contributed by atoms with E-state index in [0.29, 0.717) is 22.0 Å². The van der Waals surface area contributed by atoms with Crippen LogP contribution in [0, 0.1) is 6.92 Å². The second-order valence-electron chi connectivity index (χ2n) is 4.29. The third-order valence-corrected chi connectivity index (χ3v) is 4.54. The molecule has 0 saturated carbocycles. The van der Waals surface area contributed by atoms with Gasteiger partial charge in [-0.15, -0.1) is 0 Å². The number of hydrogen-bond acceptors (Lipinski definition) is 2. The van der Waals surface area contributed by atoms with Gasteiger partial charge in [-0.1, -0.05) is 11.6 Å². The number of nitrogens with two attached hydrogens (primary N) is 1. The van der Waals surface area contributed by atoms with E-state index in [1.54, 1.807) is 24.3 Å². The van der Waals surface area contributed by atoms with Gasteiger partial charge in [-0.3, -0.25) is 4.79 Å². The molecule has 2 aromatic rings. The van der Waals surface area contributed by atoms with Crippen molar-refractivity contribution < 1.29 is 4.79 Å². The van der Waals surface area contributed by atoms with E-state index in [2.05, 4.69) is 37.2 Å². The average molecular weight is 419 g/mol. The fourth-order valence-corrected chi connectivity index (χ4v) is 2.84. The van der Waals surface area contributed by atoms with Crippen molar-refractivity contribution in [3.8, 4) is 0 Å². The first kappa shape index (κ1) is 15.4. The number of carbonyl (C=O) groups excluding carboxylic acids is 1. The van der Waals surface area contributed by atoms with Crippen LogP contribution in [0.25, 0.3) is 0 Å². The van der Waals surface area contributed by atoms with Crippen LogP contribution in [0.2, 0.25) is 5.02 Å². The molecule has 0 fully saturated rings. The largest absolute Gasteiger partial charge is 0.397 e. The monoisotopic (exact) mass is 416 g/mol. The SMILES string of the molecule is Cc1cc(N)c(NC(=O)c2ccc(Br)c(Cl)c2)c(Br)c1. The first-order valence-corrected chi connectivity index (χ1v) is 7.67. The lowest BCUT2D eigenvalue weighted by Gasteiger charge is -2.12. The van der Waals surface area contributed by atoms with Crippen molar-refractivity contribution in [2.45, 2.75) is 6.92 Å². The molecule has 0 heterocycles. The van der Waals surface area contributed by atoms with E-state index in [0.717, 1.165) is 14.5 Å². The molecule has 6 heteroatoms. The van der Waals surface area contributed by atoms with Crippen LogP contribution < -0.4 is 11.1 Å². The lowest BCUT2D eigenvalue weighted by Crippen LogP contribution is -2.13. The highest BCUT2D eigenvalue weighted by Gasteiger charge is 2.12. The standard InChI is InChI=1S/C14H11Br2ClN2O/c1-7-4-10(16)13(12(18)5-7)19-14(20)8-2-3-9(15)11(17)6-8/h2-6H,18H2,1H3,(H,19,20). The third kappa shape index (κ3) is 3.34. The van der Waals surface area contributed by atoms with Crippen molar-refractivity contribution in [3.63, 3.8) is 0 Å². The summed E-state index contributed by atoms with van der Waals surface area (Å²) in [5, 5.41) is 3.26. The summed E-state index contributed by atoms with van der Waals surface area (Å²) in [6.45, 7) is 1.93. The Hall–Kier alpha value is -1.04. The number of rotatable bonds is 2. The maximum absolute atomic E-state index is 12.2. The first-order chi connectivity index (χ1) is 9.38. The minimum atomic E-state index is -0.268. The summed E-state index contributed by atoms with van der Waals surface area (Å²) in [5.41, 5.74) is 8.46. The summed E-state index contributed by atoms with van der Waals surface area (Å²) in [6, 6.07) is 8.70. The Morgan fingerprint density at radius 1 is 1.20 bits per heavy atom. The Kier molecular flexibility index (Phi) is 4.73. The Bertz CT molecular complexity index is 666. The molecule has 104 valence electrons. The molecule has 0 spiro atoms. The van der Waals surface area contributed by atoms with E-state index in [1.165, 1.54) is 0 Å². The van der Waals surface area contributed by atoms with Gasteiger partial charge in [0.05, 0.1) is 16.4 Å². The van der Waals surface area contributed by atoms with Crippen LogP contribution in [0.5, 0.6) is 0 Å². The zero-order chi connectivity index (χ0) is 14.9. The van der Waals surface area contributed by atoms with Crippen LogP contribution in [0.1, 0.15) is 15.9 Å². The highest BCUT2D eigenvalue weighted by Crippen LogP contribution is 2.31. The maximum Gasteiger partial charge on any atom is 0.255 e. The molecule has 0 aliphatic carbocycles. The lowest BCUT2D eigenvalue weighted by molar-refractivity contribution is 0.102. The maximum atomic E-state index is 12.2. The summed E-state index contributed by atoms with van der Waals surface area (Å²) in [6.07, 6.45) is 0. The number of hydrogen-bond donors (Lipinski definition) is 2. The molecule has 2 aromatic carbocycles. The molecular formula is C14H11Br2ClN2O. The highest BCUT2D eigenvalue weighted by atomic mass is 79.9. The molecule has 0 saturated heterocycles. The number of halogens is 3. The quantitative estimate of drug-likeness (QED) is 0.674. The Labute approximate surface area is 138 Å². The fraction of sp³-hybridized carbons (Fsp3) is 0.0714. The van der Waals surface area contributed by atoms with E-state index < -0.39 is 0 Å². The minimum Gasteiger partial charge on any atom is -0.397 e. The molecule has 0 atom stereocenters. The van der Waals surface area contributed by atoms with Gasteiger partial charge in [0.25, 0.3) is 5.91 Å². The minimum absolute atomic E-state index is 0.268. The van der Waals surface area contributed by atoms with Gasteiger partial charge >= 0.3 is 0 Å². The van der Waals surface area contributed by atoms with E-state index >= 15 is 0 Å². The Morgan fingerprint density at radius 2 is 1.90 bits per heavy atom. The molecule has 3 N–H and O–H groups in total. The molecule has 0 bridgehead atoms. The van der Waals surface area contributed by atoms with Crippen LogP contribution in [0.4, 0.5) is 11.4 Å². The van der Waals surface area contributed by atoms with E-state index in [9.17, 15) is 4.79 Å². The van der Waals surface area contributed by atoms with Gasteiger partial charge in [-0.2, -0.15) is 0 Å². The van der Waals surface area contributed by atoms with Crippen LogP contribution in [0.15, 0.2) is 39.3 Å². The number of aryl methyl sites for hydroxylation is 1. The second-order valence-corrected chi connectivity index (χ2v) is 6.41. The van der Waals surface area contributed by atoms with Crippen LogP contribution in [-0.4, -0.2) is 5.91 Å². The number of nitrogen functional groups attached to an aromatic ring is 1. The van der Waals surface area contributed by atoms with Crippen molar-refractivity contribution in [2.75, 3.05) is 11.1 Å². The molecule has 0 aliphatic rings. The van der Waals surface area contributed by atoms with Crippen molar-refractivity contribution in [1.82, 2.24) is 0 Å². The van der Waals surface area contributed by atoms with Gasteiger partial charge in [-0.25, -0.2) is 0 Å². The predicted octanol–water partition coefficient (Wildman–Crippen LogP) is 5.01. The normalized spacial score (nSPS) is 10.4. The molecule has 2 rings (SSSR count). The van der Waals surface area contributed by atoms with Crippen molar-refractivity contribution in [1.29, 1.82) is 0 Å². The molecular weight excluding hydrogens is 407 g/mol. The van der Waals surface area contributed by atoms with Crippen molar-refractivity contribution >= 4 is 60.7 Å². The summed E-state index contributed by atoms with van der Waals surface area (Å²) in [7, 11) is 0. The zero-order valence-corrected chi connectivity index (χ0v) is 14.4. The number of carbonyl (C=O) groups is 1. The highest BCUT2D eigenvalue weighted by molar-refractivity contribution is 9.11. The zero-order valence-electron chi connectivity index (χ0n) is 10.5. The molecule has 0 aliphatic heterocycles. The topological polar surface area (TPSA) is 55.1 Å². The number of amides is 1. The van der Waals surface area contributed by atoms with Crippen LogP contribution >= 0.6 is 43.5 Å². The van der Waals surface area contributed by atoms with Gasteiger partial charge in [0.2, 0.25) is 0 Å². The summed E-state index contributed by atoms with van der Waals surface area (Å²) in [5.74, 6) is -0.268. The summed E-state index contributed by atoms with van der Waals surface area (Å²) < 4.78 is 1.48. The van der Waals surface area contributed by atoms with E-state index in [1.807, 2.05) is 13.0 Å². The Balaban J connectivity index is 2.30. The van der Waals surface area contributed by atoms with Crippen LogP contribution in [-0.2, 0) is 0 Å². The fourth-order valence-electron chi connectivity index (χ4n) is 1.72. The van der Waals surface area contributed by atoms with Gasteiger partial charge in [0.1, 0.15) is 0 Å². The molecule has 20 heavy (non-hydrogen) atoms. The predicted molar refractivity (Wildman–Crippen MR) is 90.4 cm³/mol. The van der Waals surface area contributed by atoms with Crippen molar-refractivity contribution in [3.05, 3.63) is 55.4 Å². The van der Waals surface area contributed by atoms with E-state index in [-0.39, 0.29) is 5.91 Å². The molecule has 3 nitrogen and oxygen atoms in total. The molecule has 0 radical (unpaired) electrons. The molecule has 1 amide bonds. The van der Waals surface area contributed by atoms with Gasteiger partial charge in [-0.05, 0) is 74.7 Å². The number of nitrogens with one attached hydrogen (secondary N) is 1. The number of benzene rings is 2. The average Bonchev–Trinajstić information content (AvgIpc) is 2.36. The Morgan fingerprint density at radius 3 is 2.50 bits per heavy atom.